The van der Waals surface area contributed by atoms with E-state index in [4.69, 9.17) is 4.74 Å². The van der Waals surface area contributed by atoms with Gasteiger partial charge in [-0.2, -0.15) is 0 Å². The van der Waals surface area contributed by atoms with Gasteiger partial charge in [-0.25, -0.2) is 4.79 Å². The topological polar surface area (TPSA) is 46.6 Å². The van der Waals surface area contributed by atoms with E-state index in [-0.39, 0.29) is 17.8 Å². The van der Waals surface area contributed by atoms with Crippen molar-refractivity contribution < 1.29 is 14.3 Å². The molecule has 0 aliphatic rings. The summed E-state index contributed by atoms with van der Waals surface area (Å²) in [4.78, 5) is 26.7. The van der Waals surface area contributed by atoms with Crippen LogP contribution in [0.25, 0.3) is 0 Å². The van der Waals surface area contributed by atoms with E-state index in [1.807, 2.05) is 68.6 Å². The molecule has 0 aliphatic heterocycles. The Kier molecular flexibility index (Phi) is 9.85. The number of hydrogen-bond donors (Lipinski definition) is 0. The van der Waals surface area contributed by atoms with Crippen LogP contribution in [0.15, 0.2) is 96.6 Å². The van der Waals surface area contributed by atoms with Gasteiger partial charge in [0.2, 0.25) is 5.91 Å². The first-order valence-corrected chi connectivity index (χ1v) is 12.2. The van der Waals surface area contributed by atoms with Crippen molar-refractivity contribution in [2.24, 2.45) is 0 Å². The zero-order chi connectivity index (χ0) is 25.0. The van der Waals surface area contributed by atoms with Gasteiger partial charge < -0.3 is 9.64 Å². The predicted molar refractivity (Wildman–Crippen MR) is 141 cm³/mol. The van der Waals surface area contributed by atoms with E-state index >= 15 is 0 Å². The summed E-state index contributed by atoms with van der Waals surface area (Å²) < 4.78 is 5.16. The standard InChI is InChI=1S/C31H35NO3/c1-4-35-31(34)24(2)21-29(28-13-9-6-10-14-28)22-26-15-17-27(18-16-26)23-30(33)32(3)20-19-25-11-7-5-8-12-25/h5-18,21,29H,4,19-20,22-23H2,1-3H3. The van der Waals surface area contributed by atoms with E-state index in [1.165, 1.54) is 5.56 Å². The highest BCUT2D eigenvalue weighted by atomic mass is 16.5. The van der Waals surface area contributed by atoms with E-state index in [0.29, 0.717) is 25.1 Å². The number of carbonyl (C=O) groups excluding carboxylic acids is 2. The van der Waals surface area contributed by atoms with Gasteiger partial charge in [0, 0.05) is 25.1 Å². The molecule has 0 saturated carbocycles. The molecule has 4 nitrogen and oxygen atoms in total. The Hall–Kier alpha value is -3.66. The average molecular weight is 470 g/mol. The van der Waals surface area contributed by atoms with Crippen molar-refractivity contribution in [3.63, 3.8) is 0 Å². The Morgan fingerprint density at radius 2 is 1.46 bits per heavy atom. The summed E-state index contributed by atoms with van der Waals surface area (Å²) in [6.07, 6.45) is 3.98. The van der Waals surface area contributed by atoms with E-state index in [0.717, 1.165) is 29.5 Å². The molecule has 1 amide bonds. The number of esters is 1. The molecule has 3 aromatic rings. The van der Waals surface area contributed by atoms with Crippen molar-refractivity contribution >= 4 is 11.9 Å². The molecule has 0 aliphatic carbocycles. The average Bonchev–Trinajstić information content (AvgIpc) is 2.89. The highest BCUT2D eigenvalue weighted by Crippen LogP contribution is 2.24. The van der Waals surface area contributed by atoms with Crippen LogP contribution < -0.4 is 0 Å². The Morgan fingerprint density at radius 3 is 2.09 bits per heavy atom. The zero-order valence-electron chi connectivity index (χ0n) is 20.9. The van der Waals surface area contributed by atoms with Crippen molar-refractivity contribution in [1.29, 1.82) is 0 Å². The molecule has 3 rings (SSSR count). The Labute approximate surface area is 209 Å². The minimum absolute atomic E-state index is 0.0530. The van der Waals surface area contributed by atoms with E-state index in [2.05, 4.69) is 36.4 Å². The molecule has 4 heteroatoms. The molecule has 0 N–H and O–H groups in total. The normalized spacial score (nSPS) is 12.1. The fourth-order valence-electron chi connectivity index (χ4n) is 4.01. The summed E-state index contributed by atoms with van der Waals surface area (Å²) in [7, 11) is 1.86. The van der Waals surface area contributed by atoms with Crippen molar-refractivity contribution in [3.8, 4) is 0 Å². The Balaban J connectivity index is 1.63. The second kappa shape index (κ2) is 13.3. The van der Waals surface area contributed by atoms with Crippen LogP contribution in [0, 0.1) is 0 Å². The molecule has 0 heterocycles. The number of likely N-dealkylation sites (N-methyl/N-ethyl adjacent to an activating group) is 1. The molecule has 1 atom stereocenters. The summed E-state index contributed by atoms with van der Waals surface area (Å²) in [6.45, 7) is 4.68. The largest absolute Gasteiger partial charge is 0.463 e. The lowest BCUT2D eigenvalue weighted by atomic mass is 9.90. The molecular weight excluding hydrogens is 434 g/mol. The lowest BCUT2D eigenvalue weighted by Gasteiger charge is -2.18. The SMILES string of the molecule is CCOC(=O)C(C)=CC(Cc1ccc(CC(=O)N(C)CCc2ccccc2)cc1)c1ccccc1. The molecule has 182 valence electrons. The van der Waals surface area contributed by atoms with Crippen LogP contribution in [0.5, 0.6) is 0 Å². The second-order valence-corrected chi connectivity index (χ2v) is 8.84. The van der Waals surface area contributed by atoms with Gasteiger partial charge in [0.1, 0.15) is 0 Å². The van der Waals surface area contributed by atoms with Crippen LogP contribution in [0.4, 0.5) is 0 Å². The van der Waals surface area contributed by atoms with Gasteiger partial charge in [-0.05, 0) is 48.9 Å². The fraction of sp³-hybridized carbons (Fsp3) is 0.290. The smallest absolute Gasteiger partial charge is 0.333 e. The van der Waals surface area contributed by atoms with Crippen molar-refractivity contribution in [2.75, 3.05) is 20.2 Å². The zero-order valence-corrected chi connectivity index (χ0v) is 20.9. The van der Waals surface area contributed by atoms with Gasteiger partial charge in [0.25, 0.3) is 0 Å². The summed E-state index contributed by atoms with van der Waals surface area (Å²) in [5, 5.41) is 0. The third kappa shape index (κ3) is 8.25. The van der Waals surface area contributed by atoms with Crippen molar-refractivity contribution in [1.82, 2.24) is 4.90 Å². The third-order valence-corrected chi connectivity index (χ3v) is 6.11. The van der Waals surface area contributed by atoms with Gasteiger partial charge in [-0.1, -0.05) is 91.0 Å². The number of rotatable bonds is 11. The van der Waals surface area contributed by atoms with E-state index in [9.17, 15) is 9.59 Å². The number of amides is 1. The minimum atomic E-state index is -0.279. The van der Waals surface area contributed by atoms with Crippen LogP contribution in [0.2, 0.25) is 0 Å². The molecule has 3 aromatic carbocycles. The van der Waals surface area contributed by atoms with Crippen LogP contribution in [0.3, 0.4) is 0 Å². The van der Waals surface area contributed by atoms with Gasteiger partial charge >= 0.3 is 5.97 Å². The summed E-state index contributed by atoms with van der Waals surface area (Å²) >= 11 is 0. The molecule has 0 aromatic heterocycles. The first-order chi connectivity index (χ1) is 17.0. The second-order valence-electron chi connectivity index (χ2n) is 8.84. The van der Waals surface area contributed by atoms with Gasteiger partial charge in [0.15, 0.2) is 0 Å². The maximum absolute atomic E-state index is 12.7. The number of ether oxygens (including phenoxy) is 1. The van der Waals surface area contributed by atoms with Crippen molar-refractivity contribution in [2.45, 2.75) is 39.0 Å². The van der Waals surface area contributed by atoms with Crippen LogP contribution in [-0.4, -0.2) is 37.0 Å². The van der Waals surface area contributed by atoms with Gasteiger partial charge in [-0.15, -0.1) is 0 Å². The fourth-order valence-corrected chi connectivity index (χ4v) is 4.01. The Bertz CT molecular complexity index is 1100. The van der Waals surface area contributed by atoms with Gasteiger partial charge in [0.05, 0.1) is 13.0 Å². The molecule has 35 heavy (non-hydrogen) atoms. The lowest BCUT2D eigenvalue weighted by molar-refractivity contribution is -0.138. The molecule has 0 radical (unpaired) electrons. The minimum Gasteiger partial charge on any atom is -0.463 e. The molecular formula is C31H35NO3. The first-order valence-electron chi connectivity index (χ1n) is 12.2. The third-order valence-electron chi connectivity index (χ3n) is 6.11. The number of nitrogens with zero attached hydrogens (tertiary/aromatic N) is 1. The lowest BCUT2D eigenvalue weighted by Crippen LogP contribution is -2.30. The summed E-state index contributed by atoms with van der Waals surface area (Å²) in [6, 6.07) is 28.6. The first kappa shape index (κ1) is 26.0. The molecule has 1 unspecified atom stereocenters. The summed E-state index contributed by atoms with van der Waals surface area (Å²) in [5.74, 6) is -0.111. The number of carbonyl (C=O) groups is 2. The number of hydrogen-bond acceptors (Lipinski definition) is 3. The molecule has 0 saturated heterocycles. The van der Waals surface area contributed by atoms with Crippen LogP contribution in [-0.2, 0) is 33.6 Å². The van der Waals surface area contributed by atoms with E-state index < -0.39 is 0 Å². The maximum atomic E-state index is 12.7. The predicted octanol–water partition coefficient (Wildman–Crippen LogP) is 5.77. The van der Waals surface area contributed by atoms with Gasteiger partial charge in [-0.3, -0.25) is 4.79 Å². The van der Waals surface area contributed by atoms with Crippen molar-refractivity contribution in [3.05, 3.63) is 119 Å². The highest BCUT2D eigenvalue weighted by molar-refractivity contribution is 5.87. The van der Waals surface area contributed by atoms with Crippen LogP contribution in [0.1, 0.15) is 42.0 Å². The Morgan fingerprint density at radius 1 is 0.857 bits per heavy atom. The highest BCUT2D eigenvalue weighted by Gasteiger charge is 2.14. The van der Waals surface area contributed by atoms with Crippen LogP contribution >= 0.6 is 0 Å². The molecule has 0 fully saturated rings. The molecule has 0 bridgehead atoms. The summed E-state index contributed by atoms with van der Waals surface area (Å²) in [5.41, 5.74) is 5.15. The monoisotopic (exact) mass is 469 g/mol. The maximum Gasteiger partial charge on any atom is 0.333 e. The van der Waals surface area contributed by atoms with E-state index in [1.54, 1.807) is 11.8 Å². The number of benzene rings is 3. The quantitative estimate of drug-likeness (QED) is 0.265. The number of allylic oxidation sites excluding steroid dienone is 1. The molecule has 0 spiro atoms.